The van der Waals surface area contributed by atoms with Crippen LogP contribution in [0.25, 0.3) is 0 Å². The molecule has 56 valence electrons. The number of benzene rings is 1. The SMILES string of the molecule is CC(O)Cc1ccccc1.[NaH]. The minimum atomic E-state index is -0.234. The van der Waals surface area contributed by atoms with Crippen LogP contribution in [0.4, 0.5) is 0 Å². The molecule has 0 aliphatic carbocycles. The summed E-state index contributed by atoms with van der Waals surface area (Å²) in [4.78, 5) is 0. The van der Waals surface area contributed by atoms with E-state index in [4.69, 9.17) is 5.11 Å². The zero-order valence-electron chi connectivity index (χ0n) is 6.12. The Labute approximate surface area is 89.7 Å². The van der Waals surface area contributed by atoms with Gasteiger partial charge in [-0.2, -0.15) is 0 Å². The summed E-state index contributed by atoms with van der Waals surface area (Å²) < 4.78 is 0. The molecule has 0 radical (unpaired) electrons. The molecule has 0 heterocycles. The Morgan fingerprint density at radius 2 is 1.82 bits per heavy atom. The van der Waals surface area contributed by atoms with E-state index in [1.165, 1.54) is 5.56 Å². The molecule has 11 heavy (non-hydrogen) atoms. The normalized spacial score (nSPS) is 11.8. The van der Waals surface area contributed by atoms with Crippen LogP contribution >= 0.6 is 0 Å². The summed E-state index contributed by atoms with van der Waals surface area (Å²) in [5, 5.41) is 9.01. The van der Waals surface area contributed by atoms with E-state index in [1.54, 1.807) is 6.92 Å². The van der Waals surface area contributed by atoms with E-state index in [0.717, 1.165) is 6.42 Å². The molecule has 0 saturated carbocycles. The topological polar surface area (TPSA) is 20.2 Å². The van der Waals surface area contributed by atoms with E-state index < -0.39 is 0 Å². The predicted molar refractivity (Wildman–Crippen MR) is 49.0 cm³/mol. The molecule has 1 aromatic carbocycles. The molecule has 0 spiro atoms. The molecule has 0 saturated heterocycles. The van der Waals surface area contributed by atoms with Crippen molar-refractivity contribution in [1.29, 1.82) is 0 Å². The van der Waals surface area contributed by atoms with Crippen molar-refractivity contribution in [2.75, 3.05) is 0 Å². The molecule has 2 heteroatoms. The Morgan fingerprint density at radius 3 is 2.27 bits per heavy atom. The van der Waals surface area contributed by atoms with Crippen LogP contribution in [0, 0.1) is 0 Å². The summed E-state index contributed by atoms with van der Waals surface area (Å²) in [6.07, 6.45) is 0.517. The van der Waals surface area contributed by atoms with E-state index in [-0.39, 0.29) is 35.7 Å². The molecule has 1 nitrogen and oxygen atoms in total. The first kappa shape index (κ1) is 11.2. The molecule has 0 aliphatic heterocycles. The van der Waals surface area contributed by atoms with Crippen molar-refractivity contribution in [3.8, 4) is 0 Å². The monoisotopic (exact) mass is 160 g/mol. The van der Waals surface area contributed by atoms with Crippen LogP contribution in [0.1, 0.15) is 12.5 Å². The third-order valence-corrected chi connectivity index (χ3v) is 1.37. The zero-order chi connectivity index (χ0) is 7.40. The van der Waals surface area contributed by atoms with Crippen molar-refractivity contribution >= 4 is 29.6 Å². The second-order valence-electron chi connectivity index (χ2n) is 2.54. The maximum absolute atomic E-state index is 9.01. The Hall–Kier alpha value is 0.180. The van der Waals surface area contributed by atoms with E-state index in [9.17, 15) is 0 Å². The standard InChI is InChI=1S/C9H12O.Na.H/c1-8(10)7-9-5-3-2-4-6-9;;/h2-6,8,10H,7H2,1H3;;. The average molecular weight is 160 g/mol. The maximum atomic E-state index is 9.01. The summed E-state index contributed by atoms with van der Waals surface area (Å²) >= 11 is 0. The van der Waals surface area contributed by atoms with Crippen molar-refractivity contribution < 1.29 is 5.11 Å². The number of aliphatic hydroxyl groups is 1. The quantitative estimate of drug-likeness (QED) is 0.639. The molecule has 0 aliphatic rings. The fourth-order valence-corrected chi connectivity index (χ4v) is 0.955. The average Bonchev–Trinajstić information content (AvgIpc) is 1.88. The van der Waals surface area contributed by atoms with E-state index >= 15 is 0 Å². The van der Waals surface area contributed by atoms with Crippen molar-refractivity contribution in [3.05, 3.63) is 35.9 Å². The van der Waals surface area contributed by atoms with Gasteiger partial charge in [-0.1, -0.05) is 30.3 Å². The van der Waals surface area contributed by atoms with Gasteiger partial charge in [-0.25, -0.2) is 0 Å². The first-order chi connectivity index (χ1) is 4.79. The van der Waals surface area contributed by atoms with Gasteiger partial charge in [0.15, 0.2) is 0 Å². The van der Waals surface area contributed by atoms with Crippen molar-refractivity contribution in [2.24, 2.45) is 0 Å². The fourth-order valence-electron chi connectivity index (χ4n) is 0.955. The van der Waals surface area contributed by atoms with Crippen LogP contribution in [0.2, 0.25) is 0 Å². The number of aliphatic hydroxyl groups excluding tert-OH is 1. The number of rotatable bonds is 2. The summed E-state index contributed by atoms with van der Waals surface area (Å²) in [6.45, 7) is 1.80. The molecule has 1 atom stereocenters. The van der Waals surface area contributed by atoms with Crippen LogP contribution in [0.15, 0.2) is 30.3 Å². The van der Waals surface area contributed by atoms with Crippen LogP contribution in [-0.2, 0) is 6.42 Å². The molecule has 0 amide bonds. The molecule has 0 fully saturated rings. The summed E-state index contributed by atoms with van der Waals surface area (Å²) in [5.41, 5.74) is 1.19. The molecule has 1 aromatic rings. The second-order valence-corrected chi connectivity index (χ2v) is 2.54. The van der Waals surface area contributed by atoms with Gasteiger partial charge in [0.05, 0.1) is 6.10 Å². The number of hydrogen-bond donors (Lipinski definition) is 1. The van der Waals surface area contributed by atoms with Gasteiger partial charge >= 0.3 is 29.6 Å². The van der Waals surface area contributed by atoms with Gasteiger partial charge in [-0.3, -0.25) is 0 Å². The molecule has 1 rings (SSSR count). The van der Waals surface area contributed by atoms with Crippen LogP contribution < -0.4 is 0 Å². The fraction of sp³-hybridized carbons (Fsp3) is 0.333. The Bertz CT molecular complexity index is 184. The van der Waals surface area contributed by atoms with Gasteiger partial charge in [-0.15, -0.1) is 0 Å². The van der Waals surface area contributed by atoms with E-state index in [1.807, 2.05) is 30.3 Å². The van der Waals surface area contributed by atoms with E-state index in [2.05, 4.69) is 0 Å². The first-order valence-electron chi connectivity index (χ1n) is 3.51. The van der Waals surface area contributed by atoms with Gasteiger partial charge < -0.3 is 5.11 Å². The predicted octanol–water partition coefficient (Wildman–Crippen LogP) is 0.961. The summed E-state index contributed by atoms with van der Waals surface area (Å²) in [5.74, 6) is 0. The zero-order valence-corrected chi connectivity index (χ0v) is 6.12. The second kappa shape index (κ2) is 5.78. The first-order valence-corrected chi connectivity index (χ1v) is 3.51. The molecule has 1 unspecified atom stereocenters. The van der Waals surface area contributed by atoms with Crippen molar-refractivity contribution in [3.63, 3.8) is 0 Å². The molecular weight excluding hydrogens is 147 g/mol. The third-order valence-electron chi connectivity index (χ3n) is 1.37. The Balaban J connectivity index is 0.000001000. The van der Waals surface area contributed by atoms with Crippen LogP contribution in [-0.4, -0.2) is 40.8 Å². The van der Waals surface area contributed by atoms with Gasteiger partial charge in [0.25, 0.3) is 0 Å². The van der Waals surface area contributed by atoms with Gasteiger partial charge in [-0.05, 0) is 18.9 Å². The Morgan fingerprint density at radius 1 is 1.27 bits per heavy atom. The minimum absolute atomic E-state index is 0. The van der Waals surface area contributed by atoms with E-state index in [0.29, 0.717) is 0 Å². The van der Waals surface area contributed by atoms with Gasteiger partial charge in [0.1, 0.15) is 0 Å². The van der Waals surface area contributed by atoms with Crippen molar-refractivity contribution in [2.45, 2.75) is 19.4 Å². The summed E-state index contributed by atoms with van der Waals surface area (Å²) in [6, 6.07) is 9.99. The van der Waals surface area contributed by atoms with Crippen molar-refractivity contribution in [1.82, 2.24) is 0 Å². The molecule has 0 aromatic heterocycles. The molecule has 0 bridgehead atoms. The molecule has 1 N–H and O–H groups in total. The van der Waals surface area contributed by atoms with Gasteiger partial charge in [0.2, 0.25) is 0 Å². The van der Waals surface area contributed by atoms with Crippen LogP contribution in [0.5, 0.6) is 0 Å². The summed E-state index contributed by atoms with van der Waals surface area (Å²) in [7, 11) is 0. The van der Waals surface area contributed by atoms with Crippen LogP contribution in [0.3, 0.4) is 0 Å². The number of hydrogen-bond acceptors (Lipinski definition) is 1. The molecular formula is C9H13NaO. The third kappa shape index (κ3) is 4.59. The Kier molecular flexibility index (Phi) is 5.88. The van der Waals surface area contributed by atoms with Gasteiger partial charge in [0, 0.05) is 0 Å².